The van der Waals surface area contributed by atoms with Gasteiger partial charge < -0.3 is 10.8 Å². The van der Waals surface area contributed by atoms with E-state index in [9.17, 15) is 14.7 Å². The van der Waals surface area contributed by atoms with Gasteiger partial charge in [0.2, 0.25) is 0 Å². The molecule has 0 spiro atoms. The van der Waals surface area contributed by atoms with Gasteiger partial charge in [-0.05, 0) is 19.8 Å². The van der Waals surface area contributed by atoms with Crippen LogP contribution < -0.4 is 17.0 Å². The van der Waals surface area contributed by atoms with E-state index in [-0.39, 0.29) is 17.9 Å². The Bertz CT molecular complexity index is 488. The first-order chi connectivity index (χ1) is 7.97. The standard InChI is InChI=1S/C11H19N3O3/c1-3-5-13-7-9(12)10(16)14(11(13)17)6-4-8(2)15/h7-8,15H,3-6,12H2,1-2H3. The van der Waals surface area contributed by atoms with Crippen LogP contribution in [0.2, 0.25) is 0 Å². The van der Waals surface area contributed by atoms with Crippen LogP contribution >= 0.6 is 0 Å². The molecule has 1 aromatic heterocycles. The summed E-state index contributed by atoms with van der Waals surface area (Å²) in [4.78, 5) is 23.6. The minimum Gasteiger partial charge on any atom is -0.393 e. The van der Waals surface area contributed by atoms with Crippen LogP contribution in [0.25, 0.3) is 0 Å². The zero-order valence-corrected chi connectivity index (χ0v) is 10.2. The van der Waals surface area contributed by atoms with Crippen molar-refractivity contribution in [2.45, 2.75) is 45.9 Å². The number of aromatic nitrogens is 2. The van der Waals surface area contributed by atoms with E-state index in [0.717, 1.165) is 11.0 Å². The maximum absolute atomic E-state index is 11.9. The minimum atomic E-state index is -0.553. The molecule has 1 aromatic rings. The number of aliphatic hydroxyl groups excluding tert-OH is 1. The number of anilines is 1. The van der Waals surface area contributed by atoms with E-state index < -0.39 is 11.7 Å². The van der Waals surface area contributed by atoms with Gasteiger partial charge in [-0.2, -0.15) is 0 Å². The molecule has 0 saturated heterocycles. The summed E-state index contributed by atoms with van der Waals surface area (Å²) in [6.07, 6.45) is 1.97. The molecular weight excluding hydrogens is 222 g/mol. The Morgan fingerprint density at radius 3 is 2.59 bits per heavy atom. The predicted molar refractivity (Wildman–Crippen MR) is 66.0 cm³/mol. The molecule has 0 aromatic carbocycles. The fourth-order valence-corrected chi connectivity index (χ4v) is 1.59. The quantitative estimate of drug-likeness (QED) is 0.745. The topological polar surface area (TPSA) is 90.2 Å². The van der Waals surface area contributed by atoms with Gasteiger partial charge in [-0.3, -0.25) is 13.9 Å². The van der Waals surface area contributed by atoms with E-state index in [1.54, 1.807) is 6.92 Å². The van der Waals surface area contributed by atoms with Crippen molar-refractivity contribution in [3.8, 4) is 0 Å². The molecule has 6 heteroatoms. The van der Waals surface area contributed by atoms with Crippen molar-refractivity contribution < 1.29 is 5.11 Å². The Hall–Kier alpha value is -1.56. The number of hydrogen-bond donors (Lipinski definition) is 2. The average Bonchev–Trinajstić information content (AvgIpc) is 2.26. The number of aliphatic hydroxyl groups is 1. The molecule has 0 aliphatic heterocycles. The summed E-state index contributed by atoms with van der Waals surface area (Å²) in [5, 5.41) is 9.18. The Kier molecular flexibility index (Phi) is 4.51. The number of nitrogen functional groups attached to an aromatic ring is 1. The third-order valence-corrected chi connectivity index (χ3v) is 2.50. The second kappa shape index (κ2) is 5.67. The van der Waals surface area contributed by atoms with Gasteiger partial charge in [0, 0.05) is 19.3 Å². The van der Waals surface area contributed by atoms with Gasteiger partial charge in [-0.15, -0.1) is 0 Å². The molecule has 1 unspecified atom stereocenters. The summed E-state index contributed by atoms with van der Waals surface area (Å²) in [5.41, 5.74) is 4.78. The molecule has 0 aliphatic rings. The van der Waals surface area contributed by atoms with E-state index in [4.69, 9.17) is 5.73 Å². The zero-order valence-electron chi connectivity index (χ0n) is 10.2. The normalized spacial score (nSPS) is 12.6. The second-order valence-electron chi connectivity index (χ2n) is 4.15. The summed E-state index contributed by atoms with van der Waals surface area (Å²) in [5.74, 6) is 0. The van der Waals surface area contributed by atoms with Crippen molar-refractivity contribution in [2.75, 3.05) is 5.73 Å². The van der Waals surface area contributed by atoms with E-state index in [1.165, 1.54) is 10.8 Å². The van der Waals surface area contributed by atoms with Gasteiger partial charge in [0.05, 0.1) is 6.10 Å². The third-order valence-electron chi connectivity index (χ3n) is 2.50. The highest BCUT2D eigenvalue weighted by atomic mass is 16.3. The van der Waals surface area contributed by atoms with E-state index >= 15 is 0 Å². The maximum Gasteiger partial charge on any atom is 0.331 e. The van der Waals surface area contributed by atoms with Crippen molar-refractivity contribution >= 4 is 5.69 Å². The molecular formula is C11H19N3O3. The van der Waals surface area contributed by atoms with E-state index in [1.807, 2.05) is 6.92 Å². The Balaban J connectivity index is 3.18. The largest absolute Gasteiger partial charge is 0.393 e. The number of hydrogen-bond acceptors (Lipinski definition) is 4. The predicted octanol–water partition coefficient (Wildman–Crippen LogP) is -0.227. The lowest BCUT2D eigenvalue weighted by molar-refractivity contribution is 0.176. The van der Waals surface area contributed by atoms with Crippen LogP contribution in [-0.4, -0.2) is 20.3 Å². The van der Waals surface area contributed by atoms with Crippen LogP contribution in [0.1, 0.15) is 26.7 Å². The molecule has 0 bridgehead atoms. The number of nitrogens with zero attached hydrogens (tertiary/aromatic N) is 2. The Morgan fingerprint density at radius 1 is 1.41 bits per heavy atom. The molecule has 1 rings (SSSR count). The van der Waals surface area contributed by atoms with Gasteiger partial charge in [0.25, 0.3) is 5.56 Å². The van der Waals surface area contributed by atoms with E-state index in [2.05, 4.69) is 0 Å². The second-order valence-corrected chi connectivity index (χ2v) is 4.15. The van der Waals surface area contributed by atoms with E-state index in [0.29, 0.717) is 13.0 Å². The van der Waals surface area contributed by atoms with Crippen molar-refractivity contribution in [1.82, 2.24) is 9.13 Å². The van der Waals surface area contributed by atoms with Gasteiger partial charge in [0.15, 0.2) is 0 Å². The molecule has 6 nitrogen and oxygen atoms in total. The highest BCUT2D eigenvalue weighted by Gasteiger charge is 2.09. The molecule has 3 N–H and O–H groups in total. The molecule has 1 heterocycles. The first kappa shape index (κ1) is 13.5. The SMILES string of the molecule is CCCn1cc(N)c(=O)n(CCC(C)O)c1=O. The summed E-state index contributed by atoms with van der Waals surface area (Å²) in [7, 11) is 0. The third kappa shape index (κ3) is 3.20. The number of rotatable bonds is 5. The Morgan fingerprint density at radius 2 is 2.06 bits per heavy atom. The van der Waals surface area contributed by atoms with Gasteiger partial charge in [-0.25, -0.2) is 4.79 Å². The summed E-state index contributed by atoms with van der Waals surface area (Å²) >= 11 is 0. The summed E-state index contributed by atoms with van der Waals surface area (Å²) in [6, 6.07) is 0. The van der Waals surface area contributed by atoms with Crippen LogP contribution in [0.15, 0.2) is 15.8 Å². The number of nitrogens with two attached hydrogens (primary N) is 1. The summed E-state index contributed by atoms with van der Waals surface area (Å²) in [6.45, 7) is 4.26. The highest BCUT2D eigenvalue weighted by molar-refractivity contribution is 5.30. The van der Waals surface area contributed by atoms with Crippen molar-refractivity contribution in [2.24, 2.45) is 0 Å². The Labute approximate surface area is 99.3 Å². The van der Waals surface area contributed by atoms with Crippen LogP contribution in [0.4, 0.5) is 5.69 Å². The monoisotopic (exact) mass is 241 g/mol. The molecule has 0 amide bonds. The smallest absolute Gasteiger partial charge is 0.331 e. The lowest BCUT2D eigenvalue weighted by Crippen LogP contribution is -2.41. The molecule has 17 heavy (non-hydrogen) atoms. The lowest BCUT2D eigenvalue weighted by Gasteiger charge is -2.11. The average molecular weight is 241 g/mol. The summed E-state index contributed by atoms with van der Waals surface area (Å²) < 4.78 is 2.51. The maximum atomic E-state index is 11.9. The molecule has 96 valence electrons. The molecule has 0 aliphatic carbocycles. The lowest BCUT2D eigenvalue weighted by atomic mass is 10.3. The van der Waals surface area contributed by atoms with Crippen LogP contribution in [0.3, 0.4) is 0 Å². The fraction of sp³-hybridized carbons (Fsp3) is 0.636. The van der Waals surface area contributed by atoms with Crippen molar-refractivity contribution in [1.29, 1.82) is 0 Å². The fourth-order valence-electron chi connectivity index (χ4n) is 1.59. The van der Waals surface area contributed by atoms with Gasteiger partial charge in [-0.1, -0.05) is 6.92 Å². The van der Waals surface area contributed by atoms with Crippen LogP contribution in [-0.2, 0) is 13.1 Å². The van der Waals surface area contributed by atoms with Crippen molar-refractivity contribution in [3.63, 3.8) is 0 Å². The minimum absolute atomic E-state index is 0.0589. The first-order valence-corrected chi connectivity index (χ1v) is 5.75. The van der Waals surface area contributed by atoms with Crippen LogP contribution in [0.5, 0.6) is 0 Å². The zero-order chi connectivity index (χ0) is 13.0. The molecule has 0 radical (unpaired) electrons. The van der Waals surface area contributed by atoms with Crippen LogP contribution in [0, 0.1) is 0 Å². The molecule has 0 fully saturated rings. The van der Waals surface area contributed by atoms with Gasteiger partial charge >= 0.3 is 5.69 Å². The van der Waals surface area contributed by atoms with Crippen molar-refractivity contribution in [3.05, 3.63) is 27.0 Å². The first-order valence-electron chi connectivity index (χ1n) is 5.75. The molecule has 1 atom stereocenters. The number of aryl methyl sites for hydroxylation is 1. The molecule has 0 saturated carbocycles. The van der Waals surface area contributed by atoms with Gasteiger partial charge in [0.1, 0.15) is 5.69 Å². The highest BCUT2D eigenvalue weighted by Crippen LogP contribution is 1.95.